The average molecular weight is 309 g/mol. The number of nitrogens with one attached hydrogen (secondary N) is 2. The monoisotopic (exact) mass is 309 g/mol. The van der Waals surface area contributed by atoms with Crippen molar-refractivity contribution in [3.8, 4) is 0 Å². The van der Waals surface area contributed by atoms with E-state index in [1.165, 1.54) is 17.8 Å². The molecule has 0 spiro atoms. The van der Waals surface area contributed by atoms with Gasteiger partial charge in [-0.3, -0.25) is 4.79 Å². The van der Waals surface area contributed by atoms with Crippen molar-refractivity contribution in [1.29, 1.82) is 0 Å². The molecule has 2 N–H and O–H groups in total. The number of piperidine rings is 1. The maximum atomic E-state index is 11.8. The van der Waals surface area contributed by atoms with Crippen LogP contribution in [-0.4, -0.2) is 30.5 Å². The van der Waals surface area contributed by atoms with E-state index in [1.807, 2.05) is 6.92 Å². The third kappa shape index (κ3) is 6.57. The number of amides is 1. The van der Waals surface area contributed by atoms with Gasteiger partial charge >= 0.3 is 0 Å². The highest BCUT2D eigenvalue weighted by atomic mass is 32.1. The molecule has 0 bridgehead atoms. The molecule has 0 unspecified atom stereocenters. The fourth-order valence-corrected chi connectivity index (χ4v) is 3.56. The van der Waals surface area contributed by atoms with Gasteiger partial charge in [0.05, 0.1) is 5.01 Å². The molecule has 0 radical (unpaired) electrons. The predicted octanol–water partition coefficient (Wildman–Crippen LogP) is 2.67. The van der Waals surface area contributed by atoms with Gasteiger partial charge < -0.3 is 10.6 Å². The van der Waals surface area contributed by atoms with Gasteiger partial charge in [0.1, 0.15) is 0 Å². The molecule has 4 nitrogen and oxygen atoms in total. The lowest BCUT2D eigenvalue weighted by atomic mass is 9.93. The summed E-state index contributed by atoms with van der Waals surface area (Å²) in [6.45, 7) is 5.06. The van der Waals surface area contributed by atoms with Crippen molar-refractivity contribution in [3.05, 3.63) is 16.1 Å². The summed E-state index contributed by atoms with van der Waals surface area (Å²) in [4.78, 5) is 16.2. The van der Waals surface area contributed by atoms with E-state index in [4.69, 9.17) is 0 Å². The summed E-state index contributed by atoms with van der Waals surface area (Å²) < 4.78 is 0. The first-order chi connectivity index (χ1) is 10.2. The number of hydrogen-bond donors (Lipinski definition) is 2. The van der Waals surface area contributed by atoms with Gasteiger partial charge in [-0.2, -0.15) is 0 Å². The maximum absolute atomic E-state index is 11.8. The normalized spacial score (nSPS) is 16.0. The largest absolute Gasteiger partial charge is 0.356 e. The molecule has 0 aliphatic carbocycles. The van der Waals surface area contributed by atoms with Gasteiger partial charge in [-0.25, -0.2) is 4.98 Å². The van der Waals surface area contributed by atoms with E-state index in [-0.39, 0.29) is 5.91 Å². The molecule has 0 saturated carbocycles. The van der Waals surface area contributed by atoms with Crippen molar-refractivity contribution in [3.63, 3.8) is 0 Å². The molecule has 1 saturated heterocycles. The van der Waals surface area contributed by atoms with Crippen LogP contribution in [0.2, 0.25) is 0 Å². The molecule has 1 aliphatic rings. The zero-order valence-electron chi connectivity index (χ0n) is 13.0. The first kappa shape index (κ1) is 16.4. The first-order valence-corrected chi connectivity index (χ1v) is 9.00. The van der Waals surface area contributed by atoms with Crippen LogP contribution in [0, 0.1) is 12.8 Å². The highest BCUT2D eigenvalue weighted by Crippen LogP contribution is 2.17. The lowest BCUT2D eigenvalue weighted by Crippen LogP contribution is -2.29. The molecule has 1 aliphatic heterocycles. The summed E-state index contributed by atoms with van der Waals surface area (Å²) in [5.74, 6) is 0.962. The highest BCUT2D eigenvalue weighted by molar-refractivity contribution is 7.09. The molecule has 0 atom stereocenters. The van der Waals surface area contributed by atoms with Gasteiger partial charge in [-0.05, 0) is 64.5 Å². The third-order valence-corrected chi connectivity index (χ3v) is 5.07. The highest BCUT2D eigenvalue weighted by Gasteiger charge is 2.14. The van der Waals surface area contributed by atoms with Crippen molar-refractivity contribution >= 4 is 17.2 Å². The Bertz CT molecular complexity index is 427. The summed E-state index contributed by atoms with van der Waals surface area (Å²) in [7, 11) is 0. The van der Waals surface area contributed by atoms with Gasteiger partial charge in [0.2, 0.25) is 5.91 Å². The zero-order chi connectivity index (χ0) is 14.9. The van der Waals surface area contributed by atoms with E-state index in [2.05, 4.69) is 21.0 Å². The lowest BCUT2D eigenvalue weighted by molar-refractivity contribution is -0.121. The van der Waals surface area contributed by atoms with Gasteiger partial charge in [0.15, 0.2) is 0 Å². The number of rotatable bonds is 8. The minimum atomic E-state index is 0.221. The predicted molar refractivity (Wildman–Crippen MR) is 87.6 cm³/mol. The fraction of sp³-hybridized carbons (Fsp3) is 0.750. The summed E-state index contributed by atoms with van der Waals surface area (Å²) in [6.07, 6.45) is 7.35. The van der Waals surface area contributed by atoms with Crippen molar-refractivity contribution in [2.24, 2.45) is 5.92 Å². The lowest BCUT2D eigenvalue weighted by Gasteiger charge is -2.22. The minimum absolute atomic E-state index is 0.221. The second kappa shape index (κ2) is 9.15. The van der Waals surface area contributed by atoms with Crippen molar-refractivity contribution < 1.29 is 4.79 Å². The zero-order valence-corrected chi connectivity index (χ0v) is 13.8. The fourth-order valence-electron chi connectivity index (χ4n) is 2.74. The Balaban J connectivity index is 1.47. The van der Waals surface area contributed by atoms with Crippen molar-refractivity contribution in [2.45, 2.75) is 51.9 Å². The van der Waals surface area contributed by atoms with Gasteiger partial charge in [-0.1, -0.05) is 0 Å². The van der Waals surface area contributed by atoms with Crippen LogP contribution in [0.4, 0.5) is 0 Å². The Kier molecular flexibility index (Phi) is 7.16. The minimum Gasteiger partial charge on any atom is -0.356 e. The Morgan fingerprint density at radius 1 is 1.43 bits per heavy atom. The van der Waals surface area contributed by atoms with E-state index in [0.717, 1.165) is 56.9 Å². The van der Waals surface area contributed by atoms with Crippen LogP contribution in [0.25, 0.3) is 0 Å². The van der Waals surface area contributed by atoms with Crippen LogP contribution < -0.4 is 10.6 Å². The number of thiazole rings is 1. The van der Waals surface area contributed by atoms with E-state index in [9.17, 15) is 4.79 Å². The molecule has 0 aromatic carbocycles. The standard InChI is InChI=1S/C16H27N3OS/c1-13-12-21-16(19-13)4-2-3-9-18-15(20)6-5-14-7-10-17-11-8-14/h12,14,17H,2-11H2,1H3,(H,18,20). The molecule has 1 amide bonds. The average Bonchev–Trinajstić information content (AvgIpc) is 2.91. The number of carbonyl (C=O) groups excluding carboxylic acids is 1. The molecular formula is C16H27N3OS. The molecular weight excluding hydrogens is 282 g/mol. The SMILES string of the molecule is Cc1csc(CCCCNC(=O)CCC2CCNCC2)n1. The second-order valence-electron chi connectivity index (χ2n) is 5.92. The number of carbonyl (C=O) groups is 1. The molecule has 2 rings (SSSR count). The van der Waals surface area contributed by atoms with Crippen LogP contribution in [0.1, 0.15) is 49.2 Å². The summed E-state index contributed by atoms with van der Waals surface area (Å²) in [6, 6.07) is 0. The molecule has 1 aromatic heterocycles. The topological polar surface area (TPSA) is 54.0 Å². The number of aromatic nitrogens is 1. The van der Waals surface area contributed by atoms with Crippen LogP contribution in [0.15, 0.2) is 5.38 Å². The molecule has 1 aromatic rings. The van der Waals surface area contributed by atoms with E-state index in [0.29, 0.717) is 6.42 Å². The summed E-state index contributed by atoms with van der Waals surface area (Å²) >= 11 is 1.73. The van der Waals surface area contributed by atoms with Crippen LogP contribution in [0.5, 0.6) is 0 Å². The summed E-state index contributed by atoms with van der Waals surface area (Å²) in [5.41, 5.74) is 1.11. The van der Waals surface area contributed by atoms with Gasteiger partial charge in [0, 0.05) is 24.0 Å². The molecule has 118 valence electrons. The Hall–Kier alpha value is -0.940. The smallest absolute Gasteiger partial charge is 0.220 e. The number of aryl methyl sites for hydroxylation is 2. The van der Waals surface area contributed by atoms with Gasteiger partial charge in [0.25, 0.3) is 0 Å². The first-order valence-electron chi connectivity index (χ1n) is 8.12. The molecule has 21 heavy (non-hydrogen) atoms. The third-order valence-electron chi connectivity index (χ3n) is 4.04. The Labute approximate surface area is 131 Å². The molecule has 2 heterocycles. The van der Waals surface area contributed by atoms with Crippen molar-refractivity contribution in [2.75, 3.05) is 19.6 Å². The van der Waals surface area contributed by atoms with E-state index < -0.39 is 0 Å². The molecule has 5 heteroatoms. The second-order valence-corrected chi connectivity index (χ2v) is 6.86. The van der Waals surface area contributed by atoms with E-state index >= 15 is 0 Å². The van der Waals surface area contributed by atoms with Crippen LogP contribution >= 0.6 is 11.3 Å². The number of unbranched alkanes of at least 4 members (excludes halogenated alkanes) is 1. The Morgan fingerprint density at radius 2 is 2.24 bits per heavy atom. The number of nitrogens with zero attached hydrogens (tertiary/aromatic N) is 1. The maximum Gasteiger partial charge on any atom is 0.220 e. The van der Waals surface area contributed by atoms with Crippen molar-refractivity contribution in [1.82, 2.24) is 15.6 Å². The number of hydrogen-bond acceptors (Lipinski definition) is 4. The van der Waals surface area contributed by atoms with Crippen LogP contribution in [-0.2, 0) is 11.2 Å². The van der Waals surface area contributed by atoms with Crippen LogP contribution in [0.3, 0.4) is 0 Å². The Morgan fingerprint density at radius 3 is 2.95 bits per heavy atom. The summed E-state index contributed by atoms with van der Waals surface area (Å²) in [5, 5.41) is 9.71. The molecule has 1 fully saturated rings. The van der Waals surface area contributed by atoms with E-state index in [1.54, 1.807) is 11.3 Å². The van der Waals surface area contributed by atoms with Gasteiger partial charge in [-0.15, -0.1) is 11.3 Å². The quantitative estimate of drug-likeness (QED) is 0.726.